The molecule has 1 aromatic carbocycles. The standard InChI is InChI=1S/C24H34F4O/c25-22-17-21(15-16-23(22)29-24(26,27)28)20-13-11-19(12-14-20)8-4-2-1-3-7-18-9-5-6-10-18/h15-20H,1-14H2. The molecule has 2 aliphatic rings. The summed E-state index contributed by atoms with van der Waals surface area (Å²) in [5.74, 6) is 0.317. The van der Waals surface area contributed by atoms with Crippen molar-refractivity contribution in [1.29, 1.82) is 0 Å². The summed E-state index contributed by atoms with van der Waals surface area (Å²) in [6.07, 6.45) is 13.2. The molecule has 0 bridgehead atoms. The smallest absolute Gasteiger partial charge is 0.403 e. The maximum absolute atomic E-state index is 14.0. The summed E-state index contributed by atoms with van der Waals surface area (Å²) in [4.78, 5) is 0. The van der Waals surface area contributed by atoms with E-state index in [2.05, 4.69) is 4.74 Å². The highest BCUT2D eigenvalue weighted by atomic mass is 19.4. The van der Waals surface area contributed by atoms with E-state index in [1.54, 1.807) is 6.07 Å². The van der Waals surface area contributed by atoms with Crippen molar-refractivity contribution in [1.82, 2.24) is 0 Å². The second kappa shape index (κ2) is 10.7. The van der Waals surface area contributed by atoms with Crippen LogP contribution in [-0.4, -0.2) is 6.36 Å². The van der Waals surface area contributed by atoms with Crippen LogP contribution in [0.5, 0.6) is 5.75 Å². The van der Waals surface area contributed by atoms with Gasteiger partial charge in [0.15, 0.2) is 11.6 Å². The molecule has 2 saturated carbocycles. The molecule has 0 spiro atoms. The van der Waals surface area contributed by atoms with Gasteiger partial charge in [0.25, 0.3) is 0 Å². The topological polar surface area (TPSA) is 9.23 Å². The normalized spacial score (nSPS) is 23.4. The summed E-state index contributed by atoms with van der Waals surface area (Å²) in [5.41, 5.74) is 0.794. The summed E-state index contributed by atoms with van der Waals surface area (Å²) < 4.78 is 54.5. The Labute approximate surface area is 172 Å². The second-order valence-corrected chi connectivity index (χ2v) is 9.10. The van der Waals surface area contributed by atoms with E-state index in [1.807, 2.05) is 0 Å². The van der Waals surface area contributed by atoms with Gasteiger partial charge in [-0.3, -0.25) is 0 Å². The molecule has 1 nitrogen and oxygen atoms in total. The fourth-order valence-corrected chi connectivity index (χ4v) is 5.28. The van der Waals surface area contributed by atoms with Crippen molar-refractivity contribution >= 4 is 0 Å². The van der Waals surface area contributed by atoms with Gasteiger partial charge in [-0.1, -0.05) is 70.3 Å². The Morgan fingerprint density at radius 1 is 0.793 bits per heavy atom. The number of benzene rings is 1. The number of halogens is 4. The van der Waals surface area contributed by atoms with Crippen LogP contribution in [0.2, 0.25) is 0 Å². The Bertz CT molecular complexity index is 614. The summed E-state index contributed by atoms with van der Waals surface area (Å²) >= 11 is 0. The van der Waals surface area contributed by atoms with Gasteiger partial charge in [0.2, 0.25) is 0 Å². The predicted molar refractivity (Wildman–Crippen MR) is 107 cm³/mol. The van der Waals surface area contributed by atoms with Gasteiger partial charge in [0.05, 0.1) is 0 Å². The molecule has 164 valence electrons. The zero-order valence-corrected chi connectivity index (χ0v) is 17.3. The molecular formula is C24H34F4O. The molecule has 5 heteroatoms. The van der Waals surface area contributed by atoms with Gasteiger partial charge in [-0.2, -0.15) is 0 Å². The van der Waals surface area contributed by atoms with E-state index < -0.39 is 17.9 Å². The molecule has 2 fully saturated rings. The zero-order valence-electron chi connectivity index (χ0n) is 17.3. The van der Waals surface area contributed by atoms with E-state index in [4.69, 9.17) is 0 Å². The molecule has 0 atom stereocenters. The Kier molecular flexibility index (Phi) is 8.25. The molecule has 0 aliphatic heterocycles. The van der Waals surface area contributed by atoms with Crippen molar-refractivity contribution in [2.24, 2.45) is 11.8 Å². The monoisotopic (exact) mass is 414 g/mol. The molecule has 1 aromatic rings. The molecule has 0 unspecified atom stereocenters. The first kappa shape index (κ1) is 22.4. The highest BCUT2D eigenvalue weighted by Crippen LogP contribution is 2.39. The van der Waals surface area contributed by atoms with Gasteiger partial charge in [-0.05, 0) is 61.1 Å². The van der Waals surface area contributed by atoms with E-state index in [-0.39, 0.29) is 5.92 Å². The molecule has 0 amide bonds. The van der Waals surface area contributed by atoms with E-state index in [0.717, 1.165) is 49.1 Å². The van der Waals surface area contributed by atoms with Gasteiger partial charge in [-0.15, -0.1) is 13.2 Å². The average molecular weight is 415 g/mol. The fourth-order valence-electron chi connectivity index (χ4n) is 5.28. The largest absolute Gasteiger partial charge is 0.573 e. The first-order valence-electron chi connectivity index (χ1n) is 11.5. The van der Waals surface area contributed by atoms with E-state index in [1.165, 1.54) is 70.3 Å². The van der Waals surface area contributed by atoms with Crippen LogP contribution in [0, 0.1) is 17.7 Å². The minimum atomic E-state index is -4.86. The summed E-state index contributed by atoms with van der Waals surface area (Å²) in [7, 11) is 0. The zero-order chi connectivity index (χ0) is 20.7. The number of ether oxygens (including phenoxy) is 1. The summed E-state index contributed by atoms with van der Waals surface area (Å²) in [6, 6.07) is 3.91. The van der Waals surface area contributed by atoms with Gasteiger partial charge >= 0.3 is 6.36 Å². The highest BCUT2D eigenvalue weighted by molar-refractivity contribution is 5.31. The van der Waals surface area contributed by atoms with Crippen LogP contribution in [0.3, 0.4) is 0 Å². The summed E-state index contributed by atoms with van der Waals surface area (Å²) in [5, 5.41) is 0. The third kappa shape index (κ3) is 7.49. The van der Waals surface area contributed by atoms with Crippen LogP contribution in [0.15, 0.2) is 18.2 Å². The fraction of sp³-hybridized carbons (Fsp3) is 0.750. The lowest BCUT2D eigenvalue weighted by molar-refractivity contribution is -0.275. The first-order valence-corrected chi connectivity index (χ1v) is 11.5. The lowest BCUT2D eigenvalue weighted by atomic mass is 9.77. The number of hydrogen-bond acceptors (Lipinski definition) is 1. The van der Waals surface area contributed by atoms with Crippen LogP contribution in [0.25, 0.3) is 0 Å². The molecule has 0 heterocycles. The van der Waals surface area contributed by atoms with Gasteiger partial charge in [0.1, 0.15) is 0 Å². The van der Waals surface area contributed by atoms with Crippen molar-refractivity contribution in [3.63, 3.8) is 0 Å². The predicted octanol–water partition coefficient (Wildman–Crippen LogP) is 8.53. The molecule has 0 saturated heterocycles. The van der Waals surface area contributed by atoms with E-state index >= 15 is 0 Å². The third-order valence-electron chi connectivity index (χ3n) is 6.95. The van der Waals surface area contributed by atoms with Gasteiger partial charge < -0.3 is 4.74 Å². The van der Waals surface area contributed by atoms with Crippen molar-refractivity contribution in [3.8, 4) is 5.75 Å². The minimum Gasteiger partial charge on any atom is -0.403 e. The van der Waals surface area contributed by atoms with Crippen molar-refractivity contribution in [2.45, 2.75) is 102 Å². The van der Waals surface area contributed by atoms with Crippen molar-refractivity contribution in [3.05, 3.63) is 29.6 Å². The Hall–Kier alpha value is -1.26. The minimum absolute atomic E-state index is 0.243. The lowest BCUT2D eigenvalue weighted by Gasteiger charge is -2.29. The number of hydrogen-bond donors (Lipinski definition) is 0. The van der Waals surface area contributed by atoms with Crippen molar-refractivity contribution < 1.29 is 22.3 Å². The highest BCUT2D eigenvalue weighted by Gasteiger charge is 2.32. The molecule has 29 heavy (non-hydrogen) atoms. The lowest BCUT2D eigenvalue weighted by Crippen LogP contribution is -2.18. The Morgan fingerprint density at radius 2 is 1.38 bits per heavy atom. The quantitative estimate of drug-likeness (QED) is 0.291. The van der Waals surface area contributed by atoms with Crippen LogP contribution >= 0.6 is 0 Å². The SMILES string of the molecule is Fc1cc(C2CCC(CCCCCCC3CCCC3)CC2)ccc1OC(F)(F)F. The maximum atomic E-state index is 14.0. The van der Waals surface area contributed by atoms with E-state index in [9.17, 15) is 17.6 Å². The Morgan fingerprint density at radius 3 is 1.93 bits per heavy atom. The number of rotatable bonds is 9. The molecular weight excluding hydrogens is 380 g/mol. The van der Waals surface area contributed by atoms with Gasteiger partial charge in [-0.25, -0.2) is 4.39 Å². The van der Waals surface area contributed by atoms with Gasteiger partial charge in [0, 0.05) is 0 Å². The third-order valence-corrected chi connectivity index (χ3v) is 6.95. The van der Waals surface area contributed by atoms with Crippen LogP contribution in [-0.2, 0) is 0 Å². The second-order valence-electron chi connectivity index (χ2n) is 9.10. The first-order chi connectivity index (χ1) is 13.9. The molecule has 0 N–H and O–H groups in total. The molecule has 3 rings (SSSR count). The Balaban J connectivity index is 1.32. The molecule has 2 aliphatic carbocycles. The average Bonchev–Trinajstić information content (AvgIpc) is 3.19. The molecule has 0 radical (unpaired) electrons. The molecule has 0 aromatic heterocycles. The van der Waals surface area contributed by atoms with E-state index in [0.29, 0.717) is 0 Å². The number of unbranched alkanes of at least 4 members (excludes halogenated alkanes) is 3. The number of alkyl halides is 3. The maximum Gasteiger partial charge on any atom is 0.573 e. The van der Waals surface area contributed by atoms with Crippen molar-refractivity contribution in [2.75, 3.05) is 0 Å². The van der Waals surface area contributed by atoms with Crippen LogP contribution in [0.4, 0.5) is 17.6 Å². The van der Waals surface area contributed by atoms with Crippen LogP contribution in [0.1, 0.15) is 101 Å². The van der Waals surface area contributed by atoms with Crippen LogP contribution < -0.4 is 4.74 Å². The summed E-state index contributed by atoms with van der Waals surface area (Å²) in [6.45, 7) is 0.